The molecule has 15 heavy (non-hydrogen) atoms. The van der Waals surface area contributed by atoms with Gasteiger partial charge in [0.2, 0.25) is 5.91 Å². The first-order chi connectivity index (χ1) is 7.08. The Morgan fingerprint density at radius 2 is 2.20 bits per heavy atom. The van der Waals surface area contributed by atoms with Crippen LogP contribution in [0.15, 0.2) is 18.2 Å². The molecule has 0 aromatic heterocycles. The molecule has 2 atom stereocenters. The van der Waals surface area contributed by atoms with E-state index in [4.69, 9.17) is 11.6 Å². The third-order valence-electron chi connectivity index (χ3n) is 2.90. The summed E-state index contributed by atoms with van der Waals surface area (Å²) in [5.74, 6) is 0.848. The molecule has 1 aliphatic rings. The second kappa shape index (κ2) is 3.86. The zero-order valence-corrected chi connectivity index (χ0v) is 9.64. The Kier molecular flexibility index (Phi) is 2.70. The molecular weight excluding hydrogens is 210 g/mol. The maximum absolute atomic E-state index is 11.7. The van der Waals surface area contributed by atoms with Crippen molar-refractivity contribution in [2.45, 2.75) is 20.3 Å². The van der Waals surface area contributed by atoms with Gasteiger partial charge in [-0.15, -0.1) is 0 Å². The van der Waals surface area contributed by atoms with E-state index in [1.165, 1.54) is 0 Å². The minimum absolute atomic E-state index is 0.118. The molecule has 2 nitrogen and oxygen atoms in total. The summed E-state index contributed by atoms with van der Waals surface area (Å²) >= 11 is 5.87. The van der Waals surface area contributed by atoms with Crippen LogP contribution >= 0.6 is 11.6 Å². The SMILES string of the molecule is Cc1ccc(Cl)cc1NC(=O)C1CC1C. The van der Waals surface area contributed by atoms with Crippen LogP contribution in [0.4, 0.5) is 5.69 Å². The first kappa shape index (κ1) is 10.5. The molecule has 1 aliphatic carbocycles. The molecule has 1 amide bonds. The molecule has 2 rings (SSSR count). The van der Waals surface area contributed by atoms with Crippen LogP contribution in [0, 0.1) is 18.8 Å². The number of amides is 1. The Balaban J connectivity index is 2.10. The van der Waals surface area contributed by atoms with Gasteiger partial charge < -0.3 is 5.32 Å². The first-order valence-corrected chi connectivity index (χ1v) is 5.52. The molecule has 0 saturated heterocycles. The van der Waals surface area contributed by atoms with Crippen molar-refractivity contribution in [1.82, 2.24) is 0 Å². The van der Waals surface area contributed by atoms with E-state index in [-0.39, 0.29) is 11.8 Å². The van der Waals surface area contributed by atoms with Gasteiger partial charge in [0, 0.05) is 16.6 Å². The van der Waals surface area contributed by atoms with Crippen LogP contribution in [0.2, 0.25) is 5.02 Å². The van der Waals surface area contributed by atoms with Crippen LogP contribution in [-0.4, -0.2) is 5.91 Å². The summed E-state index contributed by atoms with van der Waals surface area (Å²) in [7, 11) is 0. The molecule has 3 heteroatoms. The maximum Gasteiger partial charge on any atom is 0.227 e. The standard InChI is InChI=1S/C12H14ClNO/c1-7-3-4-9(13)6-11(7)14-12(15)10-5-8(10)2/h3-4,6,8,10H,5H2,1-2H3,(H,14,15). The number of aryl methyl sites for hydroxylation is 1. The highest BCUT2D eigenvalue weighted by molar-refractivity contribution is 6.31. The molecule has 1 aromatic rings. The second-order valence-corrected chi connectivity index (χ2v) is 4.70. The second-order valence-electron chi connectivity index (χ2n) is 4.27. The van der Waals surface area contributed by atoms with Crippen LogP contribution in [-0.2, 0) is 4.79 Å². The van der Waals surface area contributed by atoms with E-state index in [9.17, 15) is 4.79 Å². The van der Waals surface area contributed by atoms with Crippen molar-refractivity contribution in [2.24, 2.45) is 11.8 Å². The minimum atomic E-state index is 0.118. The highest BCUT2D eigenvalue weighted by atomic mass is 35.5. The van der Waals surface area contributed by atoms with Gasteiger partial charge in [-0.05, 0) is 37.0 Å². The van der Waals surface area contributed by atoms with Crippen LogP contribution in [0.25, 0.3) is 0 Å². The van der Waals surface area contributed by atoms with Crippen molar-refractivity contribution in [2.75, 3.05) is 5.32 Å². The summed E-state index contributed by atoms with van der Waals surface area (Å²) in [5, 5.41) is 3.57. The normalized spacial score (nSPS) is 23.7. The molecular formula is C12H14ClNO. The summed E-state index contributed by atoms with van der Waals surface area (Å²) in [4.78, 5) is 11.7. The minimum Gasteiger partial charge on any atom is -0.326 e. The van der Waals surface area contributed by atoms with Gasteiger partial charge >= 0.3 is 0 Å². The third-order valence-corrected chi connectivity index (χ3v) is 3.14. The lowest BCUT2D eigenvalue weighted by molar-refractivity contribution is -0.117. The van der Waals surface area contributed by atoms with Gasteiger partial charge in [0.15, 0.2) is 0 Å². The van der Waals surface area contributed by atoms with E-state index in [0.29, 0.717) is 10.9 Å². The Morgan fingerprint density at radius 1 is 1.53 bits per heavy atom. The molecule has 1 fully saturated rings. The molecule has 0 spiro atoms. The zero-order chi connectivity index (χ0) is 11.0. The Bertz CT molecular complexity index is 403. The van der Waals surface area contributed by atoms with Gasteiger partial charge in [0.05, 0.1) is 0 Å². The van der Waals surface area contributed by atoms with Crippen molar-refractivity contribution in [3.8, 4) is 0 Å². The molecule has 2 unspecified atom stereocenters. The van der Waals surface area contributed by atoms with Crippen molar-refractivity contribution in [1.29, 1.82) is 0 Å². The van der Waals surface area contributed by atoms with E-state index in [1.807, 2.05) is 19.1 Å². The van der Waals surface area contributed by atoms with Gasteiger partial charge in [-0.1, -0.05) is 24.6 Å². The Morgan fingerprint density at radius 3 is 2.80 bits per heavy atom. The number of halogens is 1. The first-order valence-electron chi connectivity index (χ1n) is 5.15. The number of rotatable bonds is 2. The quantitative estimate of drug-likeness (QED) is 0.820. The third kappa shape index (κ3) is 2.32. The van der Waals surface area contributed by atoms with Crippen LogP contribution in [0.5, 0.6) is 0 Å². The van der Waals surface area contributed by atoms with Gasteiger partial charge in [0.1, 0.15) is 0 Å². The van der Waals surface area contributed by atoms with E-state index in [1.54, 1.807) is 6.07 Å². The summed E-state index contributed by atoms with van der Waals surface area (Å²) in [5.41, 5.74) is 1.87. The molecule has 0 aliphatic heterocycles. The fraction of sp³-hybridized carbons (Fsp3) is 0.417. The Hall–Kier alpha value is -1.02. The lowest BCUT2D eigenvalue weighted by atomic mass is 10.2. The van der Waals surface area contributed by atoms with Crippen LogP contribution in [0.3, 0.4) is 0 Å². The monoisotopic (exact) mass is 223 g/mol. The highest BCUT2D eigenvalue weighted by Gasteiger charge is 2.39. The number of carbonyl (C=O) groups excluding carboxylic acids is 1. The predicted molar refractivity (Wildman–Crippen MR) is 62.1 cm³/mol. The number of hydrogen-bond donors (Lipinski definition) is 1. The molecule has 80 valence electrons. The molecule has 1 aromatic carbocycles. The van der Waals surface area contributed by atoms with Gasteiger partial charge in [-0.25, -0.2) is 0 Å². The number of anilines is 1. The van der Waals surface area contributed by atoms with Crippen molar-refractivity contribution < 1.29 is 4.79 Å². The smallest absolute Gasteiger partial charge is 0.227 e. The zero-order valence-electron chi connectivity index (χ0n) is 8.88. The summed E-state index contributed by atoms with van der Waals surface area (Å²) in [6.07, 6.45) is 1.01. The average molecular weight is 224 g/mol. The fourth-order valence-corrected chi connectivity index (χ4v) is 1.81. The number of nitrogens with one attached hydrogen (secondary N) is 1. The Labute approximate surface area is 94.6 Å². The number of carbonyl (C=O) groups is 1. The van der Waals surface area contributed by atoms with Gasteiger partial charge in [-0.2, -0.15) is 0 Å². The fourth-order valence-electron chi connectivity index (χ4n) is 1.64. The van der Waals surface area contributed by atoms with Crippen molar-refractivity contribution in [3.63, 3.8) is 0 Å². The van der Waals surface area contributed by atoms with Crippen LogP contribution < -0.4 is 5.32 Å². The lowest BCUT2D eigenvalue weighted by Gasteiger charge is -2.08. The summed E-state index contributed by atoms with van der Waals surface area (Å²) in [6, 6.07) is 5.53. The number of benzene rings is 1. The molecule has 1 saturated carbocycles. The number of hydrogen-bond acceptors (Lipinski definition) is 1. The topological polar surface area (TPSA) is 29.1 Å². The molecule has 0 bridgehead atoms. The molecule has 1 N–H and O–H groups in total. The average Bonchev–Trinajstić information content (AvgIpc) is 2.89. The van der Waals surface area contributed by atoms with Gasteiger partial charge in [-0.3, -0.25) is 4.79 Å². The molecule has 0 heterocycles. The summed E-state index contributed by atoms with van der Waals surface area (Å²) < 4.78 is 0. The largest absolute Gasteiger partial charge is 0.326 e. The maximum atomic E-state index is 11.7. The van der Waals surface area contributed by atoms with E-state index in [2.05, 4.69) is 12.2 Å². The van der Waals surface area contributed by atoms with Crippen LogP contribution in [0.1, 0.15) is 18.9 Å². The van der Waals surface area contributed by atoms with E-state index >= 15 is 0 Å². The predicted octanol–water partition coefficient (Wildman–Crippen LogP) is 3.24. The molecule has 0 radical (unpaired) electrons. The van der Waals surface area contributed by atoms with Crippen molar-refractivity contribution >= 4 is 23.2 Å². The summed E-state index contributed by atoms with van der Waals surface area (Å²) in [6.45, 7) is 4.05. The van der Waals surface area contributed by atoms with E-state index < -0.39 is 0 Å². The van der Waals surface area contributed by atoms with Crippen molar-refractivity contribution in [3.05, 3.63) is 28.8 Å². The van der Waals surface area contributed by atoms with Gasteiger partial charge in [0.25, 0.3) is 0 Å². The van der Waals surface area contributed by atoms with E-state index in [0.717, 1.165) is 17.7 Å². The lowest BCUT2D eigenvalue weighted by Crippen LogP contribution is -2.15. The highest BCUT2D eigenvalue weighted by Crippen LogP contribution is 2.38.